The van der Waals surface area contributed by atoms with Gasteiger partial charge in [-0.15, -0.1) is 0 Å². The van der Waals surface area contributed by atoms with Crippen molar-refractivity contribution in [1.82, 2.24) is 10.2 Å². The van der Waals surface area contributed by atoms with Gasteiger partial charge in [-0.3, -0.25) is 4.79 Å². The fraction of sp³-hybridized carbons (Fsp3) is 0. The van der Waals surface area contributed by atoms with E-state index in [1.165, 1.54) is 6.07 Å². The van der Waals surface area contributed by atoms with E-state index in [9.17, 15) is 9.59 Å². The molecule has 6 heteroatoms. The average Bonchev–Trinajstić information content (AvgIpc) is 2.30. The van der Waals surface area contributed by atoms with Gasteiger partial charge in [-0.25, -0.2) is 9.89 Å². The van der Waals surface area contributed by atoms with E-state index in [0.29, 0.717) is 16.3 Å². The number of nitrogens with zero attached hydrogens (tertiary/aromatic N) is 1. The summed E-state index contributed by atoms with van der Waals surface area (Å²) in [5, 5.41) is 15.3. The van der Waals surface area contributed by atoms with Crippen LogP contribution in [-0.2, 0) is 0 Å². The van der Waals surface area contributed by atoms with Crippen molar-refractivity contribution in [3.63, 3.8) is 0 Å². The van der Waals surface area contributed by atoms with Gasteiger partial charge in [0.05, 0.1) is 5.69 Å². The number of benzene rings is 1. The first-order chi connectivity index (χ1) is 8.08. The third kappa shape index (κ3) is 2.34. The van der Waals surface area contributed by atoms with E-state index >= 15 is 0 Å². The van der Waals surface area contributed by atoms with Gasteiger partial charge in [-0.05, 0) is 18.2 Å². The lowest BCUT2D eigenvalue weighted by Crippen LogP contribution is -2.18. The van der Waals surface area contributed by atoms with E-state index in [1.54, 1.807) is 24.3 Å². The zero-order chi connectivity index (χ0) is 12.4. The third-order valence-corrected chi connectivity index (χ3v) is 2.43. The van der Waals surface area contributed by atoms with Crippen LogP contribution in [0, 0.1) is 0 Å². The molecule has 0 saturated carbocycles. The first-order valence-corrected chi connectivity index (χ1v) is 5.04. The quantitative estimate of drug-likeness (QED) is 0.851. The van der Waals surface area contributed by atoms with Crippen molar-refractivity contribution in [2.45, 2.75) is 0 Å². The van der Waals surface area contributed by atoms with Gasteiger partial charge in [0.1, 0.15) is 5.56 Å². The van der Waals surface area contributed by atoms with Gasteiger partial charge in [-0.1, -0.05) is 23.7 Å². The van der Waals surface area contributed by atoms with Crippen molar-refractivity contribution in [3.05, 3.63) is 51.3 Å². The van der Waals surface area contributed by atoms with Crippen LogP contribution < -0.4 is 5.56 Å². The number of carboxylic acid groups (broad SMARTS) is 1. The summed E-state index contributed by atoms with van der Waals surface area (Å²) in [4.78, 5) is 22.0. The smallest absolute Gasteiger partial charge is 0.341 e. The van der Waals surface area contributed by atoms with E-state index in [2.05, 4.69) is 10.2 Å². The molecule has 1 aromatic carbocycles. The largest absolute Gasteiger partial charge is 0.477 e. The predicted molar refractivity (Wildman–Crippen MR) is 62.3 cm³/mol. The number of aromatic carboxylic acids is 1. The van der Waals surface area contributed by atoms with E-state index in [0.717, 1.165) is 0 Å². The minimum Gasteiger partial charge on any atom is -0.477 e. The van der Waals surface area contributed by atoms with Gasteiger partial charge in [0.15, 0.2) is 0 Å². The number of nitrogens with one attached hydrogen (secondary N) is 1. The lowest BCUT2D eigenvalue weighted by molar-refractivity contribution is 0.0694. The second kappa shape index (κ2) is 4.39. The maximum atomic E-state index is 11.2. The summed E-state index contributed by atoms with van der Waals surface area (Å²) in [6.07, 6.45) is 0. The number of halogens is 1. The molecule has 17 heavy (non-hydrogen) atoms. The van der Waals surface area contributed by atoms with Crippen LogP contribution in [0.15, 0.2) is 35.1 Å². The van der Waals surface area contributed by atoms with E-state index in [-0.39, 0.29) is 5.56 Å². The molecule has 0 amide bonds. The molecule has 2 aromatic rings. The molecule has 0 aliphatic rings. The summed E-state index contributed by atoms with van der Waals surface area (Å²) >= 11 is 5.73. The molecule has 0 saturated heterocycles. The van der Waals surface area contributed by atoms with Crippen LogP contribution in [0.1, 0.15) is 10.4 Å². The number of hydrogen-bond acceptors (Lipinski definition) is 3. The molecule has 2 N–H and O–H groups in total. The third-order valence-electron chi connectivity index (χ3n) is 2.17. The highest BCUT2D eigenvalue weighted by atomic mass is 35.5. The van der Waals surface area contributed by atoms with Gasteiger partial charge in [-0.2, -0.15) is 5.10 Å². The first kappa shape index (κ1) is 11.3. The van der Waals surface area contributed by atoms with Gasteiger partial charge >= 0.3 is 5.97 Å². The zero-order valence-electron chi connectivity index (χ0n) is 8.48. The van der Waals surface area contributed by atoms with E-state index in [4.69, 9.17) is 16.7 Å². The maximum Gasteiger partial charge on any atom is 0.341 e. The van der Waals surface area contributed by atoms with Crippen molar-refractivity contribution in [2.24, 2.45) is 0 Å². The molecule has 0 aliphatic heterocycles. The molecule has 1 aromatic heterocycles. The van der Waals surface area contributed by atoms with E-state index in [1.807, 2.05) is 0 Å². The summed E-state index contributed by atoms with van der Waals surface area (Å²) in [6, 6.07) is 7.92. The normalized spacial score (nSPS) is 10.2. The summed E-state index contributed by atoms with van der Waals surface area (Å²) in [5.74, 6) is -1.29. The van der Waals surface area contributed by atoms with Crippen LogP contribution >= 0.6 is 11.6 Å². The highest BCUT2D eigenvalue weighted by molar-refractivity contribution is 6.30. The molecule has 0 bridgehead atoms. The highest BCUT2D eigenvalue weighted by Gasteiger charge is 2.11. The second-order valence-corrected chi connectivity index (χ2v) is 3.74. The minimum atomic E-state index is -1.29. The molecule has 0 atom stereocenters. The standard InChI is InChI=1S/C11H7ClN2O3/c12-7-3-1-6(2-4-7)9-5-8(11(16)17)10(15)14-13-9/h1-5H,(H,14,15)(H,16,17). The lowest BCUT2D eigenvalue weighted by atomic mass is 10.1. The number of carboxylic acids is 1. The van der Waals surface area contributed by atoms with Crippen LogP contribution in [0.25, 0.3) is 11.3 Å². The van der Waals surface area contributed by atoms with Crippen molar-refractivity contribution in [1.29, 1.82) is 0 Å². The van der Waals surface area contributed by atoms with Crippen molar-refractivity contribution >= 4 is 17.6 Å². The average molecular weight is 251 g/mol. The Kier molecular flexibility index (Phi) is 2.93. The number of aromatic amines is 1. The van der Waals surface area contributed by atoms with Gasteiger partial charge < -0.3 is 5.11 Å². The Bertz CT molecular complexity index is 619. The van der Waals surface area contributed by atoms with Crippen LogP contribution in [-0.4, -0.2) is 21.3 Å². The number of rotatable bonds is 2. The predicted octanol–water partition coefficient (Wildman–Crippen LogP) is 1.79. The Morgan fingerprint density at radius 1 is 1.29 bits per heavy atom. The Labute approximate surface area is 101 Å². The number of H-pyrrole nitrogens is 1. The molecule has 0 spiro atoms. The maximum absolute atomic E-state index is 11.2. The Balaban J connectivity index is 2.53. The van der Waals surface area contributed by atoms with Gasteiger partial charge in [0.25, 0.3) is 5.56 Å². The molecule has 0 fully saturated rings. The Morgan fingerprint density at radius 2 is 1.94 bits per heavy atom. The SMILES string of the molecule is O=C(O)c1cc(-c2ccc(Cl)cc2)n[nH]c1=O. The first-order valence-electron chi connectivity index (χ1n) is 4.67. The molecule has 86 valence electrons. The minimum absolute atomic E-state index is 0.343. The molecule has 0 aliphatic carbocycles. The van der Waals surface area contributed by atoms with Crippen LogP contribution in [0.5, 0.6) is 0 Å². The molecular formula is C11H7ClN2O3. The molecule has 2 rings (SSSR count). The van der Waals surface area contributed by atoms with Crippen molar-refractivity contribution < 1.29 is 9.90 Å². The topological polar surface area (TPSA) is 83.0 Å². The zero-order valence-corrected chi connectivity index (χ0v) is 9.23. The van der Waals surface area contributed by atoms with Crippen molar-refractivity contribution in [3.8, 4) is 11.3 Å². The van der Waals surface area contributed by atoms with Crippen molar-refractivity contribution in [2.75, 3.05) is 0 Å². The summed E-state index contributed by atoms with van der Waals surface area (Å²) in [7, 11) is 0. The number of hydrogen-bond donors (Lipinski definition) is 2. The molecule has 5 nitrogen and oxygen atoms in total. The fourth-order valence-corrected chi connectivity index (χ4v) is 1.46. The monoisotopic (exact) mass is 250 g/mol. The fourth-order valence-electron chi connectivity index (χ4n) is 1.33. The summed E-state index contributed by atoms with van der Waals surface area (Å²) < 4.78 is 0. The van der Waals surface area contributed by atoms with Crippen LogP contribution in [0.2, 0.25) is 5.02 Å². The second-order valence-electron chi connectivity index (χ2n) is 3.31. The van der Waals surface area contributed by atoms with E-state index < -0.39 is 11.5 Å². The Hall–Kier alpha value is -2.14. The molecule has 0 unspecified atom stereocenters. The summed E-state index contributed by atoms with van der Waals surface area (Å²) in [5.41, 5.74) is -0.0213. The number of carbonyl (C=O) groups is 1. The van der Waals surface area contributed by atoms with Crippen LogP contribution in [0.3, 0.4) is 0 Å². The van der Waals surface area contributed by atoms with Crippen LogP contribution in [0.4, 0.5) is 0 Å². The summed E-state index contributed by atoms with van der Waals surface area (Å²) in [6.45, 7) is 0. The molecule has 1 heterocycles. The lowest BCUT2D eigenvalue weighted by Gasteiger charge is -2.01. The Morgan fingerprint density at radius 3 is 2.53 bits per heavy atom. The highest BCUT2D eigenvalue weighted by Crippen LogP contribution is 2.18. The molecule has 0 radical (unpaired) electrons. The van der Waals surface area contributed by atoms with Gasteiger partial charge in [0.2, 0.25) is 0 Å². The number of aromatic nitrogens is 2. The van der Waals surface area contributed by atoms with Gasteiger partial charge in [0, 0.05) is 10.6 Å². The molecular weight excluding hydrogens is 244 g/mol.